The van der Waals surface area contributed by atoms with Gasteiger partial charge in [-0.15, -0.1) is 0 Å². The highest BCUT2D eigenvalue weighted by molar-refractivity contribution is 5.84. The van der Waals surface area contributed by atoms with Gasteiger partial charge in [-0.2, -0.15) is 0 Å². The van der Waals surface area contributed by atoms with Crippen LogP contribution in [0.4, 0.5) is 10.5 Å². The van der Waals surface area contributed by atoms with Crippen molar-refractivity contribution in [3.63, 3.8) is 0 Å². The molecule has 0 saturated heterocycles. The van der Waals surface area contributed by atoms with Crippen LogP contribution in [0.1, 0.15) is 17.5 Å². The third kappa shape index (κ3) is 5.28. The largest absolute Gasteiger partial charge is 0.449 e. The number of carbonyl (C=O) groups excluding carboxylic acids is 1. The lowest BCUT2D eigenvalue weighted by Gasteiger charge is -2.08. The highest BCUT2D eigenvalue weighted by Gasteiger charge is 2.03. The summed E-state index contributed by atoms with van der Waals surface area (Å²) in [6.07, 6.45) is 1.27. The topological polar surface area (TPSA) is 64.3 Å². The molecule has 0 spiro atoms. The second-order valence-corrected chi connectivity index (χ2v) is 4.75. The molecular weight excluding hydrogens is 264 g/mol. The van der Waals surface area contributed by atoms with E-state index >= 15 is 0 Å². The van der Waals surface area contributed by atoms with E-state index in [0.717, 1.165) is 18.4 Å². The molecule has 4 heteroatoms. The fraction of sp³-hybridized carbons (Fsp3) is 0.235. The molecule has 0 atom stereocenters. The standard InChI is InChI=1S/C17H20N2O2/c18-13-15-8-4-10-16(12-15)19-17(20)21-11-5-9-14-6-2-1-3-7-14/h1-4,6-8,10,12H,5,9,11,13,18H2,(H,19,20). The van der Waals surface area contributed by atoms with Crippen molar-refractivity contribution in [2.45, 2.75) is 19.4 Å². The van der Waals surface area contributed by atoms with Crippen LogP contribution in [-0.2, 0) is 17.7 Å². The van der Waals surface area contributed by atoms with Crippen LogP contribution >= 0.6 is 0 Å². The van der Waals surface area contributed by atoms with Gasteiger partial charge in [0.05, 0.1) is 6.61 Å². The SMILES string of the molecule is NCc1cccc(NC(=O)OCCCc2ccccc2)c1. The Morgan fingerprint density at radius 3 is 2.57 bits per heavy atom. The van der Waals surface area contributed by atoms with Gasteiger partial charge in [0.15, 0.2) is 0 Å². The first kappa shape index (κ1) is 15.1. The van der Waals surface area contributed by atoms with Gasteiger partial charge in [0.2, 0.25) is 0 Å². The molecule has 2 aromatic rings. The van der Waals surface area contributed by atoms with Crippen molar-refractivity contribution in [2.75, 3.05) is 11.9 Å². The Morgan fingerprint density at radius 2 is 1.81 bits per heavy atom. The van der Waals surface area contributed by atoms with Gasteiger partial charge in [0, 0.05) is 12.2 Å². The van der Waals surface area contributed by atoms with Gasteiger partial charge in [0.25, 0.3) is 0 Å². The Balaban J connectivity index is 1.70. The van der Waals surface area contributed by atoms with Gasteiger partial charge in [-0.25, -0.2) is 4.79 Å². The summed E-state index contributed by atoms with van der Waals surface area (Å²) in [5, 5.41) is 2.70. The molecular formula is C17H20N2O2. The second kappa shape index (κ2) is 8.07. The van der Waals surface area contributed by atoms with Gasteiger partial charge in [-0.1, -0.05) is 42.5 Å². The van der Waals surface area contributed by atoms with Crippen molar-refractivity contribution >= 4 is 11.8 Å². The number of ether oxygens (including phenoxy) is 1. The maximum absolute atomic E-state index is 11.7. The number of hydrogen-bond acceptors (Lipinski definition) is 3. The maximum atomic E-state index is 11.7. The van der Waals surface area contributed by atoms with Crippen LogP contribution in [0.15, 0.2) is 54.6 Å². The fourth-order valence-corrected chi connectivity index (χ4v) is 2.02. The predicted molar refractivity (Wildman–Crippen MR) is 84.1 cm³/mol. The number of hydrogen-bond donors (Lipinski definition) is 2. The summed E-state index contributed by atoms with van der Waals surface area (Å²) in [4.78, 5) is 11.7. The average Bonchev–Trinajstić information content (AvgIpc) is 2.53. The summed E-state index contributed by atoms with van der Waals surface area (Å²) < 4.78 is 5.16. The molecule has 110 valence electrons. The first-order valence-corrected chi connectivity index (χ1v) is 7.04. The minimum Gasteiger partial charge on any atom is -0.449 e. The molecule has 0 heterocycles. The molecule has 2 rings (SSSR count). The van der Waals surface area contributed by atoms with Crippen LogP contribution in [0.3, 0.4) is 0 Å². The van der Waals surface area contributed by atoms with Crippen molar-refractivity contribution in [3.8, 4) is 0 Å². The molecule has 0 unspecified atom stereocenters. The highest BCUT2D eigenvalue weighted by atomic mass is 16.5. The number of anilines is 1. The highest BCUT2D eigenvalue weighted by Crippen LogP contribution is 2.10. The molecule has 21 heavy (non-hydrogen) atoms. The number of benzene rings is 2. The minimum atomic E-state index is -0.433. The second-order valence-electron chi connectivity index (χ2n) is 4.75. The quantitative estimate of drug-likeness (QED) is 0.800. The zero-order chi connectivity index (χ0) is 14.9. The average molecular weight is 284 g/mol. The van der Waals surface area contributed by atoms with E-state index in [-0.39, 0.29) is 0 Å². The van der Waals surface area contributed by atoms with Gasteiger partial charge in [0.1, 0.15) is 0 Å². The van der Waals surface area contributed by atoms with E-state index < -0.39 is 6.09 Å². The lowest BCUT2D eigenvalue weighted by molar-refractivity contribution is 0.160. The number of amides is 1. The Bertz CT molecular complexity index is 570. The number of aryl methyl sites for hydroxylation is 1. The lowest BCUT2D eigenvalue weighted by atomic mass is 10.1. The van der Waals surface area contributed by atoms with E-state index in [1.54, 1.807) is 0 Å². The van der Waals surface area contributed by atoms with Gasteiger partial charge >= 0.3 is 6.09 Å². The summed E-state index contributed by atoms with van der Waals surface area (Å²) in [6.45, 7) is 0.846. The van der Waals surface area contributed by atoms with E-state index in [1.807, 2.05) is 42.5 Å². The Labute approximate surface area is 124 Å². The zero-order valence-electron chi connectivity index (χ0n) is 11.9. The first-order valence-electron chi connectivity index (χ1n) is 7.04. The molecule has 1 amide bonds. The van der Waals surface area contributed by atoms with Crippen LogP contribution in [0.25, 0.3) is 0 Å². The van der Waals surface area contributed by atoms with Crippen LogP contribution in [0.2, 0.25) is 0 Å². The number of carbonyl (C=O) groups is 1. The van der Waals surface area contributed by atoms with Gasteiger partial charge in [-0.05, 0) is 36.1 Å². The van der Waals surface area contributed by atoms with E-state index in [1.165, 1.54) is 5.56 Å². The molecule has 0 aliphatic heterocycles. The van der Waals surface area contributed by atoms with Crippen LogP contribution in [0.5, 0.6) is 0 Å². The van der Waals surface area contributed by atoms with Crippen molar-refractivity contribution in [2.24, 2.45) is 5.73 Å². The van der Waals surface area contributed by atoms with Crippen LogP contribution in [0, 0.1) is 0 Å². The molecule has 0 fully saturated rings. The molecule has 0 bridgehead atoms. The summed E-state index contributed by atoms with van der Waals surface area (Å²) in [7, 11) is 0. The summed E-state index contributed by atoms with van der Waals surface area (Å²) >= 11 is 0. The minimum absolute atomic E-state index is 0.400. The Kier molecular flexibility index (Phi) is 5.79. The molecule has 3 N–H and O–H groups in total. The van der Waals surface area contributed by atoms with Crippen molar-refractivity contribution in [1.29, 1.82) is 0 Å². The normalized spacial score (nSPS) is 10.1. The van der Waals surface area contributed by atoms with Crippen molar-refractivity contribution in [3.05, 3.63) is 65.7 Å². The smallest absolute Gasteiger partial charge is 0.411 e. The predicted octanol–water partition coefficient (Wildman–Crippen LogP) is 3.33. The fourth-order valence-electron chi connectivity index (χ4n) is 2.02. The van der Waals surface area contributed by atoms with Crippen molar-refractivity contribution < 1.29 is 9.53 Å². The van der Waals surface area contributed by atoms with Crippen LogP contribution < -0.4 is 11.1 Å². The third-order valence-electron chi connectivity index (χ3n) is 3.09. The van der Waals surface area contributed by atoms with Crippen LogP contribution in [-0.4, -0.2) is 12.7 Å². The monoisotopic (exact) mass is 284 g/mol. The molecule has 0 saturated carbocycles. The lowest BCUT2D eigenvalue weighted by Crippen LogP contribution is -2.15. The van der Waals surface area contributed by atoms with E-state index in [2.05, 4.69) is 17.4 Å². The molecule has 0 aromatic heterocycles. The Morgan fingerprint density at radius 1 is 1.05 bits per heavy atom. The summed E-state index contributed by atoms with van der Waals surface area (Å²) in [5.41, 5.74) is 8.48. The van der Waals surface area contributed by atoms with Crippen molar-refractivity contribution in [1.82, 2.24) is 0 Å². The van der Waals surface area contributed by atoms with Gasteiger partial charge in [-0.3, -0.25) is 5.32 Å². The van der Waals surface area contributed by atoms with E-state index in [9.17, 15) is 4.79 Å². The number of rotatable bonds is 6. The summed E-state index contributed by atoms with van der Waals surface area (Å²) in [6, 6.07) is 17.6. The number of nitrogens with one attached hydrogen (secondary N) is 1. The molecule has 0 aliphatic rings. The molecule has 0 aliphatic carbocycles. The molecule has 0 radical (unpaired) electrons. The molecule has 2 aromatic carbocycles. The summed E-state index contributed by atoms with van der Waals surface area (Å²) in [5.74, 6) is 0. The third-order valence-corrected chi connectivity index (χ3v) is 3.09. The zero-order valence-corrected chi connectivity index (χ0v) is 11.9. The molecule has 4 nitrogen and oxygen atoms in total. The van der Waals surface area contributed by atoms with E-state index in [0.29, 0.717) is 18.8 Å². The number of nitrogens with two attached hydrogens (primary N) is 1. The maximum Gasteiger partial charge on any atom is 0.411 e. The Hall–Kier alpha value is -2.33. The first-order chi connectivity index (χ1) is 10.3. The van der Waals surface area contributed by atoms with Gasteiger partial charge < -0.3 is 10.5 Å². The van der Waals surface area contributed by atoms with E-state index in [4.69, 9.17) is 10.5 Å².